The van der Waals surface area contributed by atoms with Crippen LogP contribution in [-0.4, -0.2) is 60.9 Å². The van der Waals surface area contributed by atoms with E-state index in [0.29, 0.717) is 38.8 Å². The molecule has 2 aliphatic rings. The zero-order valence-corrected chi connectivity index (χ0v) is 12.7. The maximum Gasteiger partial charge on any atom is 0.256 e. The summed E-state index contributed by atoms with van der Waals surface area (Å²) in [6.07, 6.45) is 0.846. The van der Waals surface area contributed by atoms with Gasteiger partial charge in [0.25, 0.3) is 5.91 Å². The molecule has 1 N–H and O–H groups in total. The molecule has 2 aliphatic heterocycles. The van der Waals surface area contributed by atoms with Gasteiger partial charge in [-0.25, -0.2) is 8.78 Å². The first-order chi connectivity index (χ1) is 11.1. The van der Waals surface area contributed by atoms with Gasteiger partial charge in [-0.15, -0.1) is 0 Å². The quantitative estimate of drug-likeness (QED) is 0.878. The van der Waals surface area contributed by atoms with Crippen molar-refractivity contribution in [2.45, 2.75) is 6.42 Å². The second kappa shape index (κ2) is 6.62. The van der Waals surface area contributed by atoms with Gasteiger partial charge in [0.1, 0.15) is 11.6 Å². The fourth-order valence-electron chi connectivity index (χ4n) is 3.09. The predicted octanol–water partition coefficient (Wildman–Crippen LogP) is 0.859. The van der Waals surface area contributed by atoms with Crippen LogP contribution in [0.5, 0.6) is 0 Å². The second-order valence-corrected chi connectivity index (χ2v) is 5.93. The molecule has 0 saturated carbocycles. The summed E-state index contributed by atoms with van der Waals surface area (Å²) in [4.78, 5) is 27.9. The molecule has 2 fully saturated rings. The van der Waals surface area contributed by atoms with E-state index >= 15 is 0 Å². The van der Waals surface area contributed by atoms with Gasteiger partial charge in [-0.1, -0.05) is 0 Å². The van der Waals surface area contributed by atoms with Gasteiger partial charge >= 0.3 is 0 Å². The van der Waals surface area contributed by atoms with Crippen molar-refractivity contribution >= 4 is 11.8 Å². The summed E-state index contributed by atoms with van der Waals surface area (Å²) < 4.78 is 26.6. The second-order valence-electron chi connectivity index (χ2n) is 5.93. The number of carbonyl (C=O) groups is 2. The van der Waals surface area contributed by atoms with Crippen LogP contribution in [0, 0.1) is 17.6 Å². The van der Waals surface area contributed by atoms with Crippen molar-refractivity contribution in [2.75, 3.05) is 39.3 Å². The fraction of sp³-hybridized carbons (Fsp3) is 0.500. The number of halogens is 2. The van der Waals surface area contributed by atoms with Crippen LogP contribution >= 0.6 is 0 Å². The van der Waals surface area contributed by atoms with E-state index in [1.54, 1.807) is 4.90 Å². The third-order valence-corrected chi connectivity index (χ3v) is 4.45. The molecular weight excluding hydrogens is 304 g/mol. The Bertz CT molecular complexity index is 609. The Kier molecular flexibility index (Phi) is 4.56. The van der Waals surface area contributed by atoms with Crippen LogP contribution in [0.2, 0.25) is 0 Å². The minimum atomic E-state index is -0.856. The van der Waals surface area contributed by atoms with Gasteiger partial charge in [-0.2, -0.15) is 0 Å². The average molecular weight is 323 g/mol. The number of amides is 2. The van der Waals surface area contributed by atoms with Gasteiger partial charge in [0, 0.05) is 38.8 Å². The van der Waals surface area contributed by atoms with Crippen molar-refractivity contribution in [3.63, 3.8) is 0 Å². The van der Waals surface area contributed by atoms with Gasteiger partial charge in [-0.3, -0.25) is 9.59 Å². The number of nitrogens with zero attached hydrogens (tertiary/aromatic N) is 2. The molecule has 124 valence electrons. The lowest BCUT2D eigenvalue weighted by Gasteiger charge is -2.36. The molecule has 2 amide bonds. The molecule has 0 spiro atoms. The monoisotopic (exact) mass is 323 g/mol. The Morgan fingerprint density at radius 2 is 1.78 bits per heavy atom. The highest BCUT2D eigenvalue weighted by atomic mass is 19.1. The molecule has 3 rings (SSSR count). The van der Waals surface area contributed by atoms with E-state index < -0.39 is 17.5 Å². The summed E-state index contributed by atoms with van der Waals surface area (Å²) in [6.45, 7) is 3.19. The highest BCUT2D eigenvalue weighted by Gasteiger charge is 2.31. The maximum absolute atomic E-state index is 13.7. The molecule has 2 saturated heterocycles. The Hall–Kier alpha value is -2.02. The van der Waals surface area contributed by atoms with E-state index in [1.165, 1.54) is 4.90 Å². The van der Waals surface area contributed by atoms with Crippen molar-refractivity contribution in [2.24, 2.45) is 5.92 Å². The Morgan fingerprint density at radius 3 is 2.39 bits per heavy atom. The minimum Gasteiger partial charge on any atom is -0.339 e. The molecule has 1 unspecified atom stereocenters. The molecule has 23 heavy (non-hydrogen) atoms. The molecule has 0 aromatic heterocycles. The maximum atomic E-state index is 13.7. The van der Waals surface area contributed by atoms with Crippen molar-refractivity contribution in [3.8, 4) is 0 Å². The predicted molar refractivity (Wildman–Crippen MR) is 79.8 cm³/mol. The molecular formula is C16H19F2N3O2. The summed E-state index contributed by atoms with van der Waals surface area (Å²) >= 11 is 0. The van der Waals surface area contributed by atoms with Gasteiger partial charge in [0.2, 0.25) is 5.91 Å². The van der Waals surface area contributed by atoms with Crippen LogP contribution in [0.1, 0.15) is 16.8 Å². The fourth-order valence-corrected chi connectivity index (χ4v) is 3.09. The molecule has 0 aliphatic carbocycles. The van der Waals surface area contributed by atoms with Crippen molar-refractivity contribution in [3.05, 3.63) is 35.4 Å². The first-order valence-corrected chi connectivity index (χ1v) is 7.80. The largest absolute Gasteiger partial charge is 0.339 e. The molecule has 0 bridgehead atoms. The van der Waals surface area contributed by atoms with Crippen LogP contribution in [0.25, 0.3) is 0 Å². The lowest BCUT2D eigenvalue weighted by molar-refractivity contribution is -0.136. The number of nitrogens with one attached hydrogen (secondary N) is 1. The number of carbonyl (C=O) groups excluding carboxylic acids is 2. The van der Waals surface area contributed by atoms with E-state index in [2.05, 4.69) is 5.32 Å². The smallest absolute Gasteiger partial charge is 0.256 e. The van der Waals surface area contributed by atoms with Crippen molar-refractivity contribution < 1.29 is 18.4 Å². The molecule has 7 heteroatoms. The Morgan fingerprint density at radius 1 is 1.09 bits per heavy atom. The zero-order chi connectivity index (χ0) is 16.4. The van der Waals surface area contributed by atoms with E-state index in [0.717, 1.165) is 25.1 Å². The van der Waals surface area contributed by atoms with Gasteiger partial charge in [0.05, 0.1) is 11.5 Å². The molecule has 0 radical (unpaired) electrons. The molecule has 2 heterocycles. The number of benzene rings is 1. The van der Waals surface area contributed by atoms with Crippen LogP contribution in [0.4, 0.5) is 8.78 Å². The van der Waals surface area contributed by atoms with E-state index in [4.69, 9.17) is 0 Å². The summed E-state index contributed by atoms with van der Waals surface area (Å²) in [5.74, 6) is -1.89. The highest BCUT2D eigenvalue weighted by molar-refractivity contribution is 5.94. The average Bonchev–Trinajstić information content (AvgIpc) is 3.08. The van der Waals surface area contributed by atoms with Crippen LogP contribution in [-0.2, 0) is 4.79 Å². The summed E-state index contributed by atoms with van der Waals surface area (Å²) in [5, 5.41) is 3.17. The molecule has 1 aromatic rings. The third-order valence-electron chi connectivity index (χ3n) is 4.45. The van der Waals surface area contributed by atoms with Crippen molar-refractivity contribution in [1.82, 2.24) is 15.1 Å². The number of hydrogen-bond donors (Lipinski definition) is 1. The number of piperazine rings is 1. The summed E-state index contributed by atoms with van der Waals surface area (Å²) in [5.41, 5.74) is -0.133. The summed E-state index contributed by atoms with van der Waals surface area (Å²) in [6, 6.07) is 2.94. The lowest BCUT2D eigenvalue weighted by Crippen LogP contribution is -2.52. The van der Waals surface area contributed by atoms with E-state index in [1.807, 2.05) is 0 Å². The first kappa shape index (κ1) is 15.9. The standard InChI is InChI=1S/C16H19F2N3O2/c17-12-1-2-13(14(18)9-12)16(23)21-7-5-20(6-8-21)15(22)11-3-4-19-10-11/h1-2,9,11,19H,3-8,10H2. The van der Waals surface area contributed by atoms with E-state index in [9.17, 15) is 18.4 Å². The molecule has 5 nitrogen and oxygen atoms in total. The number of rotatable bonds is 2. The first-order valence-electron chi connectivity index (χ1n) is 7.80. The third kappa shape index (κ3) is 3.34. The van der Waals surface area contributed by atoms with Gasteiger partial charge in [-0.05, 0) is 25.1 Å². The highest BCUT2D eigenvalue weighted by Crippen LogP contribution is 2.16. The number of hydrogen-bond acceptors (Lipinski definition) is 3. The van der Waals surface area contributed by atoms with E-state index in [-0.39, 0.29) is 17.4 Å². The van der Waals surface area contributed by atoms with Crippen molar-refractivity contribution in [1.29, 1.82) is 0 Å². The van der Waals surface area contributed by atoms with Crippen LogP contribution < -0.4 is 5.32 Å². The van der Waals surface area contributed by atoms with Crippen LogP contribution in [0.3, 0.4) is 0 Å². The molecule has 1 aromatic carbocycles. The minimum absolute atomic E-state index is 0.0202. The Balaban J connectivity index is 1.60. The van der Waals surface area contributed by atoms with Gasteiger partial charge < -0.3 is 15.1 Å². The summed E-state index contributed by atoms with van der Waals surface area (Å²) in [7, 11) is 0. The molecule has 1 atom stereocenters. The zero-order valence-electron chi connectivity index (χ0n) is 12.7. The SMILES string of the molecule is O=C(c1ccc(F)cc1F)N1CCN(C(=O)C2CCNC2)CC1. The van der Waals surface area contributed by atoms with Gasteiger partial charge in [0.15, 0.2) is 0 Å². The normalized spacial score (nSPS) is 21.6. The topological polar surface area (TPSA) is 52.7 Å². The Labute approximate surface area is 133 Å². The lowest BCUT2D eigenvalue weighted by atomic mass is 10.1. The van der Waals surface area contributed by atoms with Crippen LogP contribution in [0.15, 0.2) is 18.2 Å².